The fourth-order valence-corrected chi connectivity index (χ4v) is 5.02. The van der Waals surface area contributed by atoms with Gasteiger partial charge in [0.25, 0.3) is 0 Å². The highest BCUT2D eigenvalue weighted by Gasteiger charge is 2.22. The molecule has 0 aliphatic carbocycles. The molecule has 8 heterocycles. The van der Waals surface area contributed by atoms with Crippen LogP contribution in [0.25, 0.3) is 16.9 Å². The summed E-state index contributed by atoms with van der Waals surface area (Å²) in [4.78, 5) is 23.9. The second-order valence-corrected chi connectivity index (χ2v) is 9.70. The van der Waals surface area contributed by atoms with Crippen molar-refractivity contribution in [2.75, 3.05) is 19.7 Å². The second kappa shape index (κ2) is 10.0. The summed E-state index contributed by atoms with van der Waals surface area (Å²) in [6.45, 7) is 3.20. The summed E-state index contributed by atoms with van der Waals surface area (Å²) in [7, 11) is 0. The summed E-state index contributed by atoms with van der Waals surface area (Å²) in [5.74, 6) is 2.40. The molecule has 5 aliphatic heterocycles. The predicted octanol–water partition coefficient (Wildman–Crippen LogP) is 3.19. The third kappa shape index (κ3) is 4.93. The van der Waals surface area contributed by atoms with Gasteiger partial charge in [0, 0.05) is 38.7 Å². The van der Waals surface area contributed by atoms with E-state index in [0.717, 1.165) is 68.7 Å². The number of amides is 1. The van der Waals surface area contributed by atoms with E-state index in [-0.39, 0.29) is 5.91 Å². The minimum atomic E-state index is 0.272. The molecule has 186 valence electrons. The molecule has 9 rings (SSSR count). The third-order valence-electron chi connectivity index (χ3n) is 7.16. The van der Waals surface area contributed by atoms with Crippen molar-refractivity contribution in [3.63, 3.8) is 0 Å². The maximum atomic E-state index is 12.6. The lowest BCUT2D eigenvalue weighted by molar-refractivity contribution is -0.132. The van der Waals surface area contributed by atoms with Crippen LogP contribution in [0.15, 0.2) is 42.9 Å². The zero-order chi connectivity index (χ0) is 24.3. The topological polar surface area (TPSA) is 104 Å². The Labute approximate surface area is 209 Å². The van der Waals surface area contributed by atoms with Crippen LogP contribution in [0, 0.1) is 5.92 Å². The summed E-state index contributed by atoms with van der Waals surface area (Å²) in [6.07, 6.45) is 11.8. The number of benzene rings is 1. The van der Waals surface area contributed by atoms with Crippen LogP contribution in [0.5, 0.6) is 5.75 Å². The van der Waals surface area contributed by atoms with Crippen molar-refractivity contribution in [3.05, 3.63) is 54.2 Å². The molecule has 1 amide bonds. The van der Waals surface area contributed by atoms with Gasteiger partial charge in [-0.2, -0.15) is 9.78 Å². The van der Waals surface area contributed by atoms with E-state index < -0.39 is 0 Å². The smallest absolute Gasteiger partial charge is 0.222 e. The van der Waals surface area contributed by atoms with Gasteiger partial charge in [0.05, 0.1) is 24.7 Å². The Morgan fingerprint density at radius 3 is 2.67 bits per heavy atom. The molecular weight excluding hydrogens is 456 g/mol. The van der Waals surface area contributed by atoms with Gasteiger partial charge in [-0.3, -0.25) is 9.48 Å². The Bertz CT molecular complexity index is 1340. The molecule has 0 N–H and O–H groups in total. The van der Waals surface area contributed by atoms with Gasteiger partial charge in [-0.15, -0.1) is 5.10 Å². The first-order valence-corrected chi connectivity index (χ1v) is 12.8. The number of carbonyl (C=O) groups excluding carboxylic acids is 1. The highest BCUT2D eigenvalue weighted by Crippen LogP contribution is 2.23. The third-order valence-corrected chi connectivity index (χ3v) is 7.16. The van der Waals surface area contributed by atoms with E-state index in [1.54, 1.807) is 10.9 Å². The molecule has 1 fully saturated rings. The van der Waals surface area contributed by atoms with Gasteiger partial charge in [-0.25, -0.2) is 9.97 Å². The van der Waals surface area contributed by atoms with Gasteiger partial charge in [0.15, 0.2) is 11.2 Å². The van der Waals surface area contributed by atoms with Gasteiger partial charge >= 0.3 is 0 Å². The normalized spacial score (nSPS) is 18.0. The Kier molecular flexibility index (Phi) is 6.31. The lowest BCUT2D eigenvalue weighted by Crippen LogP contribution is -2.38. The highest BCUT2D eigenvalue weighted by molar-refractivity contribution is 5.76. The molecule has 5 aliphatic rings. The first-order valence-electron chi connectivity index (χ1n) is 12.8. The maximum Gasteiger partial charge on any atom is 0.222 e. The molecule has 1 saturated heterocycles. The van der Waals surface area contributed by atoms with Crippen LogP contribution < -0.4 is 4.74 Å². The number of carbonyl (C=O) groups is 1. The van der Waals surface area contributed by atoms with Crippen LogP contribution in [-0.2, 0) is 17.8 Å². The summed E-state index contributed by atoms with van der Waals surface area (Å²) in [6, 6.07) is 7.74. The molecule has 0 atom stereocenters. The predicted molar refractivity (Wildman–Crippen MR) is 133 cm³/mol. The van der Waals surface area contributed by atoms with Gasteiger partial charge in [0.2, 0.25) is 5.91 Å². The number of piperidine rings is 1. The van der Waals surface area contributed by atoms with Crippen LogP contribution in [0.1, 0.15) is 49.9 Å². The zero-order valence-electron chi connectivity index (χ0n) is 20.3. The lowest BCUT2D eigenvalue weighted by Gasteiger charge is -2.32. The molecule has 0 saturated carbocycles. The lowest BCUT2D eigenvalue weighted by atomic mass is 9.93. The van der Waals surface area contributed by atoms with Crippen LogP contribution in [0.4, 0.5) is 0 Å². The summed E-state index contributed by atoms with van der Waals surface area (Å²) < 4.78 is 9.64. The molecule has 10 nitrogen and oxygen atoms in total. The molecule has 4 aromatic rings. The molecule has 0 unspecified atom stereocenters. The number of aryl methyl sites for hydroxylation is 1. The molecule has 1 aromatic carbocycles. The van der Waals surface area contributed by atoms with E-state index in [0.29, 0.717) is 42.4 Å². The molecule has 10 heteroatoms. The molecule has 36 heavy (non-hydrogen) atoms. The number of hydrogen-bond donors (Lipinski definition) is 0. The van der Waals surface area contributed by atoms with Crippen molar-refractivity contribution in [2.45, 2.75) is 51.5 Å². The van der Waals surface area contributed by atoms with Crippen molar-refractivity contribution in [3.8, 4) is 11.4 Å². The number of nitrogens with zero attached hydrogens (tertiary/aromatic N) is 8. The standard InChI is InChI=1S/C26H30N8O2/c35-25-3-1-2-14-36-22-6-4-21(5-7-22)34-26-23(30-31-34)17-27-24(29-26)15-20-16-28-33(18-20)13-10-19-8-11-32(25)12-9-19/h4-7,16-19H,1-3,8-15H2. The van der Waals surface area contributed by atoms with E-state index in [1.165, 1.54) is 0 Å². The minimum Gasteiger partial charge on any atom is -0.494 e. The first-order chi connectivity index (χ1) is 17.7. The fourth-order valence-electron chi connectivity index (χ4n) is 5.02. The average Bonchev–Trinajstić information content (AvgIpc) is 3.54. The monoisotopic (exact) mass is 486 g/mol. The number of hydrogen-bond acceptors (Lipinski definition) is 7. The summed E-state index contributed by atoms with van der Waals surface area (Å²) in [5.41, 5.74) is 3.25. The number of aromatic nitrogens is 7. The van der Waals surface area contributed by atoms with E-state index >= 15 is 0 Å². The minimum absolute atomic E-state index is 0.272. The van der Waals surface area contributed by atoms with Crippen LogP contribution in [-0.4, -0.2) is 65.2 Å². The van der Waals surface area contributed by atoms with E-state index in [1.807, 2.05) is 40.0 Å². The molecule has 8 bridgehead atoms. The van der Waals surface area contributed by atoms with Crippen LogP contribution in [0.2, 0.25) is 0 Å². The van der Waals surface area contributed by atoms with Crippen molar-refractivity contribution < 1.29 is 9.53 Å². The van der Waals surface area contributed by atoms with Crippen LogP contribution >= 0.6 is 0 Å². The summed E-state index contributed by atoms with van der Waals surface area (Å²) >= 11 is 0. The van der Waals surface area contributed by atoms with Gasteiger partial charge in [0.1, 0.15) is 11.6 Å². The van der Waals surface area contributed by atoms with Gasteiger partial charge < -0.3 is 9.64 Å². The van der Waals surface area contributed by atoms with E-state index in [9.17, 15) is 4.79 Å². The largest absolute Gasteiger partial charge is 0.494 e. The highest BCUT2D eigenvalue weighted by atomic mass is 16.5. The maximum absolute atomic E-state index is 12.6. The quantitative estimate of drug-likeness (QED) is 0.376. The fraction of sp³-hybridized carbons (Fsp3) is 0.462. The average molecular weight is 487 g/mol. The van der Waals surface area contributed by atoms with Gasteiger partial charge in [-0.1, -0.05) is 5.21 Å². The van der Waals surface area contributed by atoms with Crippen molar-refractivity contribution >= 4 is 17.1 Å². The SMILES string of the molecule is O=C1CCCCOc2ccc(cc2)-n2nnc3cnc(nc32)Cc2cnn(c2)CCC2CCN1CC2. The Hall–Kier alpha value is -3.82. The van der Waals surface area contributed by atoms with Gasteiger partial charge in [-0.05, 0) is 67.9 Å². The Balaban J connectivity index is 1.24. The first kappa shape index (κ1) is 22.6. The molecule has 3 aromatic heterocycles. The van der Waals surface area contributed by atoms with Crippen molar-refractivity contribution in [2.24, 2.45) is 5.92 Å². The number of rotatable bonds is 0. The van der Waals surface area contributed by atoms with Crippen molar-refractivity contribution in [1.29, 1.82) is 0 Å². The Morgan fingerprint density at radius 1 is 0.972 bits per heavy atom. The van der Waals surface area contributed by atoms with Crippen molar-refractivity contribution in [1.82, 2.24) is 39.6 Å². The van der Waals surface area contributed by atoms with E-state index in [2.05, 4.69) is 26.6 Å². The summed E-state index contributed by atoms with van der Waals surface area (Å²) in [5, 5.41) is 13.1. The number of ether oxygens (including phenoxy) is 1. The van der Waals surface area contributed by atoms with Crippen LogP contribution in [0.3, 0.4) is 0 Å². The molecule has 0 spiro atoms. The zero-order valence-corrected chi connectivity index (χ0v) is 20.3. The second-order valence-electron chi connectivity index (χ2n) is 9.70. The van der Waals surface area contributed by atoms with E-state index in [4.69, 9.17) is 9.72 Å². The molecule has 0 radical (unpaired) electrons. The Morgan fingerprint density at radius 2 is 1.81 bits per heavy atom. The molecular formula is C26H30N8O2.